The molecule has 0 saturated carbocycles. The smallest absolute Gasteiger partial charge is 0.410 e. The number of carboxylic acids is 1. The number of likely N-dealkylation sites (tertiary alicyclic amines) is 1. The van der Waals surface area contributed by atoms with Crippen molar-refractivity contribution < 1.29 is 24.2 Å². The molecule has 1 aliphatic rings. The monoisotopic (exact) mass is 334 g/mol. The highest BCUT2D eigenvalue weighted by molar-refractivity contribution is 5.94. The van der Waals surface area contributed by atoms with Gasteiger partial charge in [0.25, 0.3) is 5.91 Å². The number of unbranched alkanes of at least 4 members (excludes halogenated alkanes) is 1. The van der Waals surface area contributed by atoms with Crippen LogP contribution in [0.15, 0.2) is 30.3 Å². The third-order valence-electron chi connectivity index (χ3n) is 3.92. The molecule has 0 bridgehead atoms. The zero-order valence-corrected chi connectivity index (χ0v) is 13.6. The van der Waals surface area contributed by atoms with E-state index in [1.54, 1.807) is 30.3 Å². The van der Waals surface area contributed by atoms with Crippen molar-refractivity contribution >= 4 is 18.0 Å². The molecular weight excluding hydrogens is 312 g/mol. The molecule has 130 valence electrons. The predicted octanol–water partition coefficient (Wildman–Crippen LogP) is 1.88. The summed E-state index contributed by atoms with van der Waals surface area (Å²) in [5.41, 5.74) is 0.494. The summed E-state index contributed by atoms with van der Waals surface area (Å²) in [7, 11) is 0. The van der Waals surface area contributed by atoms with Crippen LogP contribution in [-0.2, 0) is 9.53 Å². The number of carbonyl (C=O) groups is 3. The van der Waals surface area contributed by atoms with Crippen molar-refractivity contribution in [2.24, 2.45) is 0 Å². The van der Waals surface area contributed by atoms with Gasteiger partial charge in [-0.1, -0.05) is 31.5 Å². The van der Waals surface area contributed by atoms with Gasteiger partial charge in [-0.25, -0.2) is 9.59 Å². The highest BCUT2D eigenvalue weighted by Gasteiger charge is 2.41. The standard InChI is InChI=1S/C17H22N2O5/c1-2-3-9-24-17(23)19-11-13(10-14(19)16(21)22)18-15(20)12-7-5-4-6-8-12/h4-8,13-14H,2-3,9-11H2,1H3,(H,18,20)(H,21,22)/t13-,14?/m1/s1. The van der Waals surface area contributed by atoms with Gasteiger partial charge in [0, 0.05) is 24.6 Å². The summed E-state index contributed by atoms with van der Waals surface area (Å²) in [6.45, 7) is 2.36. The lowest BCUT2D eigenvalue weighted by molar-refractivity contribution is -0.141. The Labute approximate surface area is 140 Å². The van der Waals surface area contributed by atoms with Crippen LogP contribution in [-0.4, -0.2) is 53.2 Å². The zero-order chi connectivity index (χ0) is 17.5. The first-order valence-corrected chi connectivity index (χ1v) is 8.05. The van der Waals surface area contributed by atoms with E-state index in [0.29, 0.717) is 5.56 Å². The third-order valence-corrected chi connectivity index (χ3v) is 3.92. The number of hydrogen-bond donors (Lipinski definition) is 2. The average molecular weight is 334 g/mol. The van der Waals surface area contributed by atoms with Crippen LogP contribution in [0.1, 0.15) is 36.5 Å². The summed E-state index contributed by atoms with van der Waals surface area (Å²) in [5.74, 6) is -1.38. The summed E-state index contributed by atoms with van der Waals surface area (Å²) in [4.78, 5) is 36.8. The van der Waals surface area contributed by atoms with E-state index in [-0.39, 0.29) is 25.5 Å². The molecule has 0 spiro atoms. The second kappa shape index (κ2) is 8.33. The van der Waals surface area contributed by atoms with Crippen molar-refractivity contribution in [2.45, 2.75) is 38.3 Å². The Kier molecular flexibility index (Phi) is 6.17. The largest absolute Gasteiger partial charge is 0.480 e. The molecule has 2 rings (SSSR count). The lowest BCUT2D eigenvalue weighted by Gasteiger charge is -2.20. The minimum Gasteiger partial charge on any atom is -0.480 e. The molecule has 0 aliphatic carbocycles. The number of hydrogen-bond acceptors (Lipinski definition) is 4. The topological polar surface area (TPSA) is 95.9 Å². The van der Waals surface area contributed by atoms with Crippen molar-refractivity contribution in [1.29, 1.82) is 0 Å². The number of carboxylic acid groups (broad SMARTS) is 1. The Hall–Kier alpha value is -2.57. The Morgan fingerprint density at radius 2 is 2.00 bits per heavy atom. The molecule has 1 aromatic rings. The quantitative estimate of drug-likeness (QED) is 0.774. The highest BCUT2D eigenvalue weighted by atomic mass is 16.6. The van der Waals surface area contributed by atoms with Gasteiger partial charge in [-0.2, -0.15) is 0 Å². The molecule has 2 N–H and O–H groups in total. The van der Waals surface area contributed by atoms with E-state index in [1.807, 2.05) is 6.92 Å². The highest BCUT2D eigenvalue weighted by Crippen LogP contribution is 2.20. The van der Waals surface area contributed by atoms with Gasteiger partial charge in [0.2, 0.25) is 0 Å². The van der Waals surface area contributed by atoms with Crippen LogP contribution in [0.4, 0.5) is 4.79 Å². The summed E-state index contributed by atoms with van der Waals surface area (Å²) in [6, 6.07) is 7.26. The van der Waals surface area contributed by atoms with Gasteiger partial charge in [0.1, 0.15) is 6.04 Å². The van der Waals surface area contributed by atoms with E-state index in [0.717, 1.165) is 12.8 Å². The number of aliphatic carboxylic acids is 1. The van der Waals surface area contributed by atoms with Crippen LogP contribution in [0.25, 0.3) is 0 Å². The van der Waals surface area contributed by atoms with E-state index < -0.39 is 24.1 Å². The van der Waals surface area contributed by atoms with E-state index >= 15 is 0 Å². The molecule has 7 nitrogen and oxygen atoms in total. The van der Waals surface area contributed by atoms with Crippen LogP contribution >= 0.6 is 0 Å². The third kappa shape index (κ3) is 4.47. The molecular formula is C17H22N2O5. The molecule has 1 aromatic carbocycles. The second-order valence-electron chi connectivity index (χ2n) is 5.75. The van der Waals surface area contributed by atoms with Crippen LogP contribution in [0.5, 0.6) is 0 Å². The molecule has 2 amide bonds. The fraction of sp³-hybridized carbons (Fsp3) is 0.471. The first kappa shape index (κ1) is 17.8. The molecule has 1 unspecified atom stereocenters. The van der Waals surface area contributed by atoms with Gasteiger partial charge >= 0.3 is 12.1 Å². The predicted molar refractivity (Wildman–Crippen MR) is 86.7 cm³/mol. The van der Waals surface area contributed by atoms with Crippen LogP contribution in [0, 0.1) is 0 Å². The SMILES string of the molecule is CCCCOC(=O)N1C[C@H](NC(=O)c2ccccc2)CC1C(=O)O. The number of nitrogens with one attached hydrogen (secondary N) is 1. The van der Waals surface area contributed by atoms with Crippen LogP contribution in [0.2, 0.25) is 0 Å². The Morgan fingerprint density at radius 1 is 1.29 bits per heavy atom. The van der Waals surface area contributed by atoms with Gasteiger partial charge in [-0.05, 0) is 18.6 Å². The summed E-state index contributed by atoms with van der Waals surface area (Å²) < 4.78 is 5.10. The number of carbonyl (C=O) groups excluding carboxylic acids is 2. The van der Waals surface area contributed by atoms with Gasteiger partial charge in [0.05, 0.1) is 6.61 Å². The number of ether oxygens (including phenoxy) is 1. The number of rotatable bonds is 6. The van der Waals surface area contributed by atoms with Gasteiger partial charge < -0.3 is 15.2 Å². The lowest BCUT2D eigenvalue weighted by Crippen LogP contribution is -2.42. The Bertz CT molecular complexity index is 590. The average Bonchev–Trinajstić information content (AvgIpc) is 3.00. The molecule has 1 heterocycles. The minimum absolute atomic E-state index is 0.125. The number of benzene rings is 1. The van der Waals surface area contributed by atoms with Crippen LogP contribution in [0.3, 0.4) is 0 Å². The molecule has 1 saturated heterocycles. The minimum atomic E-state index is -1.10. The van der Waals surface area contributed by atoms with E-state index in [4.69, 9.17) is 4.74 Å². The van der Waals surface area contributed by atoms with Gasteiger partial charge in [-0.3, -0.25) is 9.69 Å². The van der Waals surface area contributed by atoms with E-state index in [9.17, 15) is 19.5 Å². The first-order chi connectivity index (χ1) is 11.5. The molecule has 7 heteroatoms. The van der Waals surface area contributed by atoms with E-state index in [1.165, 1.54) is 4.90 Å². The van der Waals surface area contributed by atoms with E-state index in [2.05, 4.69) is 5.32 Å². The molecule has 1 aliphatic heterocycles. The first-order valence-electron chi connectivity index (χ1n) is 8.05. The van der Waals surface area contributed by atoms with Gasteiger partial charge in [-0.15, -0.1) is 0 Å². The fourth-order valence-electron chi connectivity index (χ4n) is 2.62. The maximum Gasteiger partial charge on any atom is 0.410 e. The second-order valence-corrected chi connectivity index (χ2v) is 5.75. The summed E-state index contributed by atoms with van der Waals surface area (Å²) in [5, 5.41) is 12.1. The zero-order valence-electron chi connectivity index (χ0n) is 13.6. The Morgan fingerprint density at radius 3 is 2.62 bits per heavy atom. The normalized spacial score (nSPS) is 19.8. The number of nitrogens with zero attached hydrogens (tertiary/aromatic N) is 1. The maximum atomic E-state index is 12.2. The van der Waals surface area contributed by atoms with Gasteiger partial charge in [0.15, 0.2) is 0 Å². The lowest BCUT2D eigenvalue weighted by atomic mass is 10.1. The number of amides is 2. The molecule has 1 fully saturated rings. The van der Waals surface area contributed by atoms with Crippen molar-refractivity contribution in [3.8, 4) is 0 Å². The van der Waals surface area contributed by atoms with Crippen molar-refractivity contribution in [3.05, 3.63) is 35.9 Å². The molecule has 0 radical (unpaired) electrons. The van der Waals surface area contributed by atoms with Crippen LogP contribution < -0.4 is 5.32 Å². The van der Waals surface area contributed by atoms with Crippen molar-refractivity contribution in [2.75, 3.05) is 13.2 Å². The fourth-order valence-corrected chi connectivity index (χ4v) is 2.62. The molecule has 2 atom stereocenters. The summed E-state index contributed by atoms with van der Waals surface area (Å²) in [6.07, 6.45) is 1.13. The van der Waals surface area contributed by atoms with Crippen molar-refractivity contribution in [1.82, 2.24) is 10.2 Å². The molecule has 24 heavy (non-hydrogen) atoms. The maximum absolute atomic E-state index is 12.2. The Balaban J connectivity index is 1.97. The van der Waals surface area contributed by atoms with Crippen molar-refractivity contribution in [3.63, 3.8) is 0 Å². The summed E-state index contributed by atoms with van der Waals surface area (Å²) >= 11 is 0. The molecule has 0 aromatic heterocycles.